The zero-order chi connectivity index (χ0) is 12.4. The third-order valence-corrected chi connectivity index (χ3v) is 2.54. The molecule has 0 unspecified atom stereocenters. The quantitative estimate of drug-likeness (QED) is 0.879. The molecule has 2 aromatic rings. The molecule has 0 aliphatic carbocycles. The zero-order valence-electron chi connectivity index (χ0n) is 8.65. The van der Waals surface area contributed by atoms with E-state index in [9.17, 15) is 9.18 Å². The predicted octanol–water partition coefficient (Wildman–Crippen LogP) is 3.84. The fourth-order valence-corrected chi connectivity index (χ4v) is 1.74. The van der Waals surface area contributed by atoms with E-state index in [-0.39, 0.29) is 5.56 Å². The Labute approximate surface area is 102 Å². The SMILES string of the molecule is O=C(O)c1cc(F)cc(-c2cccc(Cl)c2)c1. The van der Waals surface area contributed by atoms with Crippen molar-refractivity contribution in [2.45, 2.75) is 0 Å². The molecule has 17 heavy (non-hydrogen) atoms. The van der Waals surface area contributed by atoms with Crippen molar-refractivity contribution in [3.05, 3.63) is 58.9 Å². The summed E-state index contributed by atoms with van der Waals surface area (Å²) in [4.78, 5) is 10.8. The van der Waals surface area contributed by atoms with E-state index in [0.717, 1.165) is 6.07 Å². The molecule has 1 N–H and O–H groups in total. The molecule has 0 aromatic heterocycles. The number of hydrogen-bond donors (Lipinski definition) is 1. The molecule has 0 heterocycles. The van der Waals surface area contributed by atoms with E-state index >= 15 is 0 Å². The van der Waals surface area contributed by atoms with Crippen LogP contribution in [0.3, 0.4) is 0 Å². The van der Waals surface area contributed by atoms with Crippen molar-refractivity contribution >= 4 is 17.6 Å². The van der Waals surface area contributed by atoms with Gasteiger partial charge in [0.2, 0.25) is 0 Å². The molecule has 0 bridgehead atoms. The Morgan fingerprint density at radius 3 is 2.53 bits per heavy atom. The molecular formula is C13H8ClFO2. The first kappa shape index (κ1) is 11.6. The second kappa shape index (κ2) is 4.55. The highest BCUT2D eigenvalue weighted by molar-refractivity contribution is 6.30. The molecule has 2 nitrogen and oxygen atoms in total. The fraction of sp³-hybridized carbons (Fsp3) is 0. The monoisotopic (exact) mass is 250 g/mol. The molecule has 0 atom stereocenters. The topological polar surface area (TPSA) is 37.3 Å². The van der Waals surface area contributed by atoms with Gasteiger partial charge >= 0.3 is 5.97 Å². The van der Waals surface area contributed by atoms with E-state index in [1.165, 1.54) is 12.1 Å². The second-order valence-electron chi connectivity index (χ2n) is 3.54. The number of benzene rings is 2. The Morgan fingerprint density at radius 1 is 1.12 bits per heavy atom. The largest absolute Gasteiger partial charge is 0.478 e. The Bertz CT molecular complexity index is 581. The van der Waals surface area contributed by atoms with Crippen LogP contribution < -0.4 is 0 Å². The number of rotatable bonds is 2. The van der Waals surface area contributed by atoms with Crippen molar-refractivity contribution in [2.75, 3.05) is 0 Å². The second-order valence-corrected chi connectivity index (χ2v) is 3.98. The third kappa shape index (κ3) is 2.63. The minimum atomic E-state index is -1.16. The average molecular weight is 251 g/mol. The molecule has 0 saturated carbocycles. The molecule has 2 aromatic carbocycles. The van der Waals surface area contributed by atoms with Gasteiger partial charge in [-0.15, -0.1) is 0 Å². The Hall–Kier alpha value is -1.87. The van der Waals surface area contributed by atoms with Gasteiger partial charge in [0, 0.05) is 5.02 Å². The van der Waals surface area contributed by atoms with Gasteiger partial charge in [0.15, 0.2) is 0 Å². The van der Waals surface area contributed by atoms with E-state index in [1.54, 1.807) is 24.3 Å². The molecule has 4 heteroatoms. The summed E-state index contributed by atoms with van der Waals surface area (Å²) >= 11 is 5.83. The van der Waals surface area contributed by atoms with E-state index in [2.05, 4.69) is 0 Å². The Kier molecular flexibility index (Phi) is 3.11. The Balaban J connectivity index is 2.56. The standard InChI is InChI=1S/C13H8ClFO2/c14-11-3-1-2-8(5-11)9-4-10(13(16)17)7-12(15)6-9/h1-7H,(H,16,17). The molecule has 0 fully saturated rings. The molecule has 0 saturated heterocycles. The van der Waals surface area contributed by atoms with Gasteiger partial charge in [-0.05, 0) is 41.5 Å². The zero-order valence-corrected chi connectivity index (χ0v) is 9.41. The molecule has 86 valence electrons. The van der Waals surface area contributed by atoms with Crippen LogP contribution in [-0.4, -0.2) is 11.1 Å². The van der Waals surface area contributed by atoms with Gasteiger partial charge in [0.25, 0.3) is 0 Å². The Morgan fingerprint density at radius 2 is 1.88 bits per heavy atom. The van der Waals surface area contributed by atoms with Gasteiger partial charge in [-0.25, -0.2) is 9.18 Å². The highest BCUT2D eigenvalue weighted by Gasteiger charge is 2.08. The number of halogens is 2. The van der Waals surface area contributed by atoms with Crippen molar-refractivity contribution in [1.82, 2.24) is 0 Å². The molecule has 2 rings (SSSR count). The van der Waals surface area contributed by atoms with Crippen LogP contribution in [0.1, 0.15) is 10.4 Å². The van der Waals surface area contributed by atoms with Crippen LogP contribution in [0, 0.1) is 5.82 Å². The van der Waals surface area contributed by atoms with Crippen LogP contribution in [0.25, 0.3) is 11.1 Å². The van der Waals surface area contributed by atoms with Crippen molar-refractivity contribution in [3.63, 3.8) is 0 Å². The van der Waals surface area contributed by atoms with Crippen LogP contribution >= 0.6 is 11.6 Å². The highest BCUT2D eigenvalue weighted by Crippen LogP contribution is 2.24. The molecule has 0 spiro atoms. The first-order valence-corrected chi connectivity index (χ1v) is 5.24. The number of carboxylic acid groups (broad SMARTS) is 1. The summed E-state index contributed by atoms with van der Waals surface area (Å²) in [5.41, 5.74) is 1.09. The minimum Gasteiger partial charge on any atom is -0.478 e. The van der Waals surface area contributed by atoms with Crippen LogP contribution in [-0.2, 0) is 0 Å². The summed E-state index contributed by atoms with van der Waals surface area (Å²) in [6.07, 6.45) is 0. The van der Waals surface area contributed by atoms with Gasteiger partial charge in [-0.1, -0.05) is 23.7 Å². The lowest BCUT2D eigenvalue weighted by Crippen LogP contribution is -1.97. The fourth-order valence-electron chi connectivity index (χ4n) is 1.55. The maximum Gasteiger partial charge on any atom is 0.335 e. The normalized spacial score (nSPS) is 10.2. The van der Waals surface area contributed by atoms with Crippen molar-refractivity contribution in [3.8, 4) is 11.1 Å². The summed E-state index contributed by atoms with van der Waals surface area (Å²) in [5, 5.41) is 9.36. The van der Waals surface area contributed by atoms with Crippen LogP contribution in [0.5, 0.6) is 0 Å². The van der Waals surface area contributed by atoms with Gasteiger partial charge in [-0.2, -0.15) is 0 Å². The van der Waals surface area contributed by atoms with E-state index < -0.39 is 11.8 Å². The summed E-state index contributed by atoms with van der Waals surface area (Å²) in [7, 11) is 0. The summed E-state index contributed by atoms with van der Waals surface area (Å²) in [6, 6.07) is 10.5. The molecule has 0 radical (unpaired) electrons. The van der Waals surface area contributed by atoms with Crippen molar-refractivity contribution < 1.29 is 14.3 Å². The first-order valence-electron chi connectivity index (χ1n) is 4.86. The number of carboxylic acids is 1. The van der Waals surface area contributed by atoms with Crippen LogP contribution in [0.4, 0.5) is 4.39 Å². The molecule has 0 amide bonds. The summed E-state index contributed by atoms with van der Waals surface area (Å²) in [6.45, 7) is 0. The number of carbonyl (C=O) groups is 1. The van der Waals surface area contributed by atoms with E-state index in [1.807, 2.05) is 0 Å². The first-order chi connectivity index (χ1) is 8.06. The lowest BCUT2D eigenvalue weighted by Gasteiger charge is -2.04. The van der Waals surface area contributed by atoms with Crippen LogP contribution in [0.15, 0.2) is 42.5 Å². The van der Waals surface area contributed by atoms with Gasteiger partial charge < -0.3 is 5.11 Å². The number of aromatic carboxylic acids is 1. The molecule has 0 aliphatic heterocycles. The van der Waals surface area contributed by atoms with Gasteiger partial charge in [-0.3, -0.25) is 0 Å². The van der Waals surface area contributed by atoms with Crippen LogP contribution in [0.2, 0.25) is 5.02 Å². The lowest BCUT2D eigenvalue weighted by atomic mass is 10.0. The molecule has 0 aliphatic rings. The summed E-state index contributed by atoms with van der Waals surface area (Å²) in [5.74, 6) is -1.74. The van der Waals surface area contributed by atoms with E-state index in [0.29, 0.717) is 16.1 Å². The van der Waals surface area contributed by atoms with Gasteiger partial charge in [0.05, 0.1) is 5.56 Å². The van der Waals surface area contributed by atoms with E-state index in [4.69, 9.17) is 16.7 Å². The lowest BCUT2D eigenvalue weighted by molar-refractivity contribution is 0.0696. The third-order valence-electron chi connectivity index (χ3n) is 2.30. The maximum absolute atomic E-state index is 13.3. The van der Waals surface area contributed by atoms with Crippen molar-refractivity contribution in [2.24, 2.45) is 0 Å². The minimum absolute atomic E-state index is 0.0834. The average Bonchev–Trinajstić information content (AvgIpc) is 2.28. The van der Waals surface area contributed by atoms with Gasteiger partial charge in [0.1, 0.15) is 5.82 Å². The van der Waals surface area contributed by atoms with Crippen molar-refractivity contribution in [1.29, 1.82) is 0 Å². The highest BCUT2D eigenvalue weighted by atomic mass is 35.5. The predicted molar refractivity (Wildman–Crippen MR) is 63.8 cm³/mol. The smallest absolute Gasteiger partial charge is 0.335 e. The summed E-state index contributed by atoms with van der Waals surface area (Å²) < 4.78 is 13.3. The molecular weight excluding hydrogens is 243 g/mol. The number of hydrogen-bond acceptors (Lipinski definition) is 1. The maximum atomic E-state index is 13.3.